The highest BCUT2D eigenvalue weighted by Gasteiger charge is 2.59. The predicted molar refractivity (Wildman–Crippen MR) is 356 cm³/mol. The minimum Gasteiger partial charge on any atom is -0.334 e. The Balaban J connectivity index is 1.12. The first-order valence-corrected chi connectivity index (χ1v) is 32.4. The van der Waals surface area contributed by atoms with Crippen molar-refractivity contribution in [3.05, 3.63) is 170 Å². The molecule has 1 fully saturated rings. The third kappa shape index (κ3) is 7.11. The lowest BCUT2D eigenvalue weighted by molar-refractivity contribution is 0.194. The average molecular weight is 1090 g/mol. The Kier molecular flexibility index (Phi) is 10.8. The van der Waals surface area contributed by atoms with E-state index in [2.05, 4.69) is 249 Å². The van der Waals surface area contributed by atoms with Crippen LogP contribution in [-0.4, -0.2) is 12.3 Å². The summed E-state index contributed by atoms with van der Waals surface area (Å²) in [5.41, 5.74) is 33.9. The lowest BCUT2D eigenvalue weighted by Crippen LogP contribution is -2.62. The molecule has 3 aliphatic heterocycles. The van der Waals surface area contributed by atoms with Gasteiger partial charge in [0, 0.05) is 56.3 Å². The van der Waals surface area contributed by atoms with Gasteiger partial charge in [0.15, 0.2) is 0 Å². The SMILES string of the molecule is Cc1cc(C)c2c(c1)N(c1cc3c4c(c1)N(c1ccc5c(c1)C(C)(C)CCC5(C)C)c1cc5c(cc1B4c1cc4c(cc1N3c1ccc3c(c1)-c1ccccc1C3(C)C)C(C)(C)CCC4(C)C)C(C)(C)CCC5(C)C)C1(C)CCCCC21C. The molecular weight excluding hydrogens is 1000 g/mol. The molecule has 0 saturated heterocycles. The summed E-state index contributed by atoms with van der Waals surface area (Å²) in [4.78, 5) is 8.53. The van der Waals surface area contributed by atoms with Gasteiger partial charge in [-0.25, -0.2) is 0 Å². The van der Waals surface area contributed by atoms with Gasteiger partial charge in [0.25, 0.3) is 6.71 Å². The topological polar surface area (TPSA) is 9.72 Å². The highest BCUT2D eigenvalue weighted by Crippen LogP contribution is 2.64. The van der Waals surface area contributed by atoms with Crippen molar-refractivity contribution in [2.75, 3.05) is 14.7 Å². The normalized spacial score (nSPS) is 24.9. The van der Waals surface area contributed by atoms with Crippen LogP contribution in [0, 0.1) is 13.8 Å². The van der Waals surface area contributed by atoms with E-state index in [0.717, 1.165) is 6.42 Å². The molecule has 7 aromatic carbocycles. The van der Waals surface area contributed by atoms with Crippen LogP contribution in [-0.2, 0) is 43.3 Å². The molecule has 8 aliphatic rings. The van der Waals surface area contributed by atoms with Crippen LogP contribution in [0.1, 0.15) is 236 Å². The van der Waals surface area contributed by atoms with Crippen molar-refractivity contribution in [1.29, 1.82) is 0 Å². The number of aryl methyl sites for hydroxylation is 2. The molecule has 0 spiro atoms. The molecule has 4 heteroatoms. The molecule has 1 saturated carbocycles. The molecule has 83 heavy (non-hydrogen) atoms. The largest absolute Gasteiger partial charge is 0.334 e. The molecule has 5 aliphatic carbocycles. The molecule has 0 radical (unpaired) electrons. The average Bonchev–Trinajstić information content (AvgIpc) is 1.69. The molecule has 0 N–H and O–H groups in total. The number of fused-ring (bicyclic) bond motifs is 13. The Morgan fingerprint density at radius 1 is 0.361 bits per heavy atom. The zero-order valence-electron chi connectivity index (χ0n) is 53.9. The van der Waals surface area contributed by atoms with Gasteiger partial charge in [-0.1, -0.05) is 171 Å². The first-order valence-electron chi connectivity index (χ1n) is 32.4. The number of nitrogens with zero attached hydrogens (tertiary/aromatic N) is 3. The third-order valence-electron chi connectivity index (χ3n) is 24.7. The number of anilines is 8. The summed E-state index contributed by atoms with van der Waals surface area (Å²) in [7, 11) is 0. The molecule has 15 rings (SSSR count). The van der Waals surface area contributed by atoms with Crippen LogP contribution in [0.15, 0.2) is 109 Å². The maximum Gasteiger partial charge on any atom is 0.252 e. The summed E-state index contributed by atoms with van der Waals surface area (Å²) in [6.45, 7) is 45.1. The minimum absolute atomic E-state index is 0.00296. The van der Waals surface area contributed by atoms with Crippen molar-refractivity contribution in [2.24, 2.45) is 0 Å². The molecule has 0 amide bonds. The number of rotatable bonds is 3. The van der Waals surface area contributed by atoms with E-state index in [1.54, 1.807) is 5.56 Å². The number of hydrogen-bond donors (Lipinski definition) is 0. The lowest BCUT2D eigenvalue weighted by Gasteiger charge is -2.52. The van der Waals surface area contributed by atoms with Crippen molar-refractivity contribution in [3.8, 4) is 11.1 Å². The summed E-state index contributed by atoms with van der Waals surface area (Å²) >= 11 is 0. The monoisotopic (exact) mass is 1090 g/mol. The summed E-state index contributed by atoms with van der Waals surface area (Å²) in [6.07, 6.45) is 11.9. The fraction of sp³-hybridized carbons (Fsp3) is 0.468. The molecule has 2 unspecified atom stereocenters. The number of hydrogen-bond acceptors (Lipinski definition) is 3. The van der Waals surface area contributed by atoms with Gasteiger partial charge in [-0.3, -0.25) is 0 Å². The van der Waals surface area contributed by atoms with E-state index in [4.69, 9.17) is 0 Å². The van der Waals surface area contributed by atoms with Crippen LogP contribution in [0.3, 0.4) is 0 Å². The van der Waals surface area contributed by atoms with Crippen molar-refractivity contribution in [3.63, 3.8) is 0 Å². The van der Waals surface area contributed by atoms with E-state index in [-0.39, 0.29) is 55.6 Å². The molecule has 7 aromatic rings. The Morgan fingerprint density at radius 2 is 0.819 bits per heavy atom. The molecule has 426 valence electrons. The van der Waals surface area contributed by atoms with Crippen molar-refractivity contribution < 1.29 is 0 Å². The Morgan fingerprint density at radius 3 is 1.37 bits per heavy atom. The molecular formula is C79H92BN3. The maximum atomic E-state index is 2.91. The number of benzene rings is 7. The van der Waals surface area contributed by atoms with Crippen LogP contribution >= 0.6 is 0 Å². The van der Waals surface area contributed by atoms with Gasteiger partial charge in [0.05, 0.1) is 5.54 Å². The summed E-state index contributed by atoms with van der Waals surface area (Å²) in [6, 6.07) is 46.1. The smallest absolute Gasteiger partial charge is 0.252 e. The standard InChI is InChI=1S/C79H92BN3/c1-47-37-48(2)69-66(38-47)83(79(18)30-22-21-29-78(69,79)17)51-41-67-70-68(42-51)82(50-26-28-56-57(40-50)72(5,6)32-31-71(56,3)4)65-46-61-59(74(9,10)34-36-76(61,13)14)44-63(65)80(70)62-43-58-60(75(11,12)35-33-73(58,7)8)45-64(62)81(67)49-25-27-55-53(39-49)52-23-19-20-24-54(52)77(55,15)16/h19-20,23-28,37-46H,21-22,29-36H2,1-18H3. The van der Waals surface area contributed by atoms with Gasteiger partial charge in [-0.05, 0) is 248 Å². The second-order valence-electron chi connectivity index (χ2n) is 33.0. The molecule has 0 bridgehead atoms. The minimum atomic E-state index is -0.144. The van der Waals surface area contributed by atoms with E-state index in [0.29, 0.717) is 0 Å². The van der Waals surface area contributed by atoms with E-state index in [1.165, 1.54) is 186 Å². The van der Waals surface area contributed by atoms with Gasteiger partial charge in [0.2, 0.25) is 0 Å². The van der Waals surface area contributed by atoms with E-state index in [9.17, 15) is 0 Å². The van der Waals surface area contributed by atoms with E-state index < -0.39 is 0 Å². The van der Waals surface area contributed by atoms with Crippen LogP contribution in [0.4, 0.5) is 45.5 Å². The summed E-state index contributed by atoms with van der Waals surface area (Å²) < 4.78 is 0. The Labute approximate surface area is 499 Å². The molecule has 3 nitrogen and oxygen atoms in total. The van der Waals surface area contributed by atoms with Crippen molar-refractivity contribution in [2.45, 2.75) is 238 Å². The molecule has 0 aromatic heterocycles. The van der Waals surface area contributed by atoms with Crippen molar-refractivity contribution in [1.82, 2.24) is 0 Å². The van der Waals surface area contributed by atoms with Gasteiger partial charge in [-0.2, -0.15) is 0 Å². The third-order valence-corrected chi connectivity index (χ3v) is 24.7. The van der Waals surface area contributed by atoms with Crippen LogP contribution in [0.25, 0.3) is 11.1 Å². The van der Waals surface area contributed by atoms with Gasteiger partial charge < -0.3 is 14.7 Å². The fourth-order valence-electron chi connectivity index (χ4n) is 19.1. The second-order valence-corrected chi connectivity index (χ2v) is 33.0. The van der Waals surface area contributed by atoms with Crippen LogP contribution in [0.5, 0.6) is 0 Å². The highest BCUT2D eigenvalue weighted by molar-refractivity contribution is 7.00. The molecule has 3 heterocycles. The Hall–Kier alpha value is -6.00. The zero-order chi connectivity index (χ0) is 58.5. The first kappa shape index (κ1) is 53.7. The van der Waals surface area contributed by atoms with Gasteiger partial charge >= 0.3 is 0 Å². The maximum absolute atomic E-state index is 2.91. The first-order chi connectivity index (χ1) is 38.9. The summed E-state index contributed by atoms with van der Waals surface area (Å²) in [5.74, 6) is 0. The Bertz CT molecular complexity index is 4010. The van der Waals surface area contributed by atoms with Gasteiger partial charge in [0.1, 0.15) is 0 Å². The zero-order valence-corrected chi connectivity index (χ0v) is 53.9. The van der Waals surface area contributed by atoms with Crippen LogP contribution < -0.4 is 31.1 Å². The van der Waals surface area contributed by atoms with E-state index >= 15 is 0 Å². The lowest BCUT2D eigenvalue weighted by atomic mass is 9.32. The highest BCUT2D eigenvalue weighted by atomic mass is 15.3. The van der Waals surface area contributed by atoms with Crippen LogP contribution in [0.2, 0.25) is 0 Å². The summed E-state index contributed by atoms with van der Waals surface area (Å²) in [5, 5.41) is 0. The second kappa shape index (κ2) is 16.7. The predicted octanol–water partition coefficient (Wildman–Crippen LogP) is 19.5. The van der Waals surface area contributed by atoms with Crippen molar-refractivity contribution >= 4 is 68.6 Å². The fourth-order valence-corrected chi connectivity index (χ4v) is 19.1. The van der Waals surface area contributed by atoms with Gasteiger partial charge in [-0.15, -0.1) is 0 Å². The van der Waals surface area contributed by atoms with E-state index in [1.807, 2.05) is 0 Å². The molecule has 2 atom stereocenters. The quantitative estimate of drug-likeness (QED) is 0.163.